The van der Waals surface area contributed by atoms with E-state index < -0.39 is 87.8 Å². The average Bonchev–Trinajstić information content (AvgIpc) is 3.42. The number of primary amides is 2. The lowest BCUT2D eigenvalue weighted by atomic mass is 9.55. The largest absolute Gasteiger partial charge is 0.510 e. The lowest BCUT2D eigenvalue weighted by Crippen LogP contribution is -2.68. The van der Waals surface area contributed by atoms with Crippen molar-refractivity contribution in [2.75, 3.05) is 25.5 Å². The summed E-state index contributed by atoms with van der Waals surface area (Å²) in [6.07, 6.45) is 1.72. The molecule has 0 fully saturated rings. The molecule has 1 unspecified atom stereocenters. The van der Waals surface area contributed by atoms with Gasteiger partial charge >= 0.3 is 6.03 Å². The number of carbonyl (C=O) groups is 4. The maximum Gasteiger partial charge on any atom is 0.323 e. The molecule has 1 aliphatic heterocycles. The van der Waals surface area contributed by atoms with Crippen molar-refractivity contribution in [2.24, 2.45) is 23.3 Å². The molecular formula is C48H55N5O13. The summed E-state index contributed by atoms with van der Waals surface area (Å²) in [6, 6.07) is 22.7. The Morgan fingerprint density at radius 3 is 1.92 bits per heavy atom. The molecule has 18 heteroatoms. The van der Waals surface area contributed by atoms with Crippen LogP contribution in [0.2, 0.25) is 0 Å². The number of hydrogen-bond donors (Lipinski definition) is 11. The molecule has 18 nitrogen and oxygen atoms in total. The van der Waals surface area contributed by atoms with E-state index in [1.807, 2.05) is 74.5 Å². The number of rotatable bonds is 6. The van der Waals surface area contributed by atoms with E-state index in [4.69, 9.17) is 16.6 Å². The van der Waals surface area contributed by atoms with Gasteiger partial charge in [0.15, 0.2) is 22.9 Å². The van der Waals surface area contributed by atoms with Crippen LogP contribution in [0.25, 0.3) is 12.2 Å². The molecule has 7 atom stereocenters. The Balaban J connectivity index is 0.000000203. The van der Waals surface area contributed by atoms with Crippen molar-refractivity contribution in [1.82, 2.24) is 10.2 Å². The van der Waals surface area contributed by atoms with Crippen LogP contribution in [-0.2, 0) is 9.59 Å². The summed E-state index contributed by atoms with van der Waals surface area (Å²) < 4.78 is 0. The fraction of sp³-hybridized carbons (Fsp3) is 0.292. The van der Waals surface area contributed by atoms with Crippen molar-refractivity contribution in [3.63, 3.8) is 0 Å². The van der Waals surface area contributed by atoms with Crippen LogP contribution in [-0.4, -0.2) is 119 Å². The van der Waals surface area contributed by atoms with Gasteiger partial charge in [0.2, 0.25) is 5.78 Å². The number of ketones is 2. The monoisotopic (exact) mass is 909 g/mol. The Labute approximate surface area is 380 Å². The number of anilines is 2. The van der Waals surface area contributed by atoms with E-state index in [1.54, 1.807) is 30.0 Å². The van der Waals surface area contributed by atoms with Crippen LogP contribution in [0.4, 0.5) is 16.2 Å². The normalized spacial score (nSPS) is 23.1. The van der Waals surface area contributed by atoms with Crippen LogP contribution in [0.15, 0.2) is 108 Å². The number of fused-ring (bicyclic) bond motifs is 5. The van der Waals surface area contributed by atoms with Gasteiger partial charge in [-0.15, -0.1) is 0 Å². The number of Topliss-reactive ketones (excluding diaryl/α,β-unsaturated/α-hetero) is 2. The number of urea groups is 1. The van der Waals surface area contributed by atoms with Gasteiger partial charge in [0.25, 0.3) is 5.91 Å². The van der Waals surface area contributed by atoms with Crippen molar-refractivity contribution in [1.29, 1.82) is 0 Å². The Bertz CT molecular complexity index is 2590. The van der Waals surface area contributed by atoms with Crippen molar-refractivity contribution in [3.8, 4) is 17.2 Å². The Hall–Kier alpha value is -7.06. The highest BCUT2D eigenvalue weighted by Crippen LogP contribution is 2.55. The van der Waals surface area contributed by atoms with Gasteiger partial charge in [-0.2, -0.15) is 0 Å². The van der Waals surface area contributed by atoms with E-state index in [0.29, 0.717) is 23.7 Å². The van der Waals surface area contributed by atoms with E-state index >= 15 is 0 Å². The minimum atomic E-state index is -2.89. The van der Waals surface area contributed by atoms with Crippen molar-refractivity contribution in [2.45, 2.75) is 56.6 Å². The predicted octanol–water partition coefficient (Wildman–Crippen LogP) is 3.34. The highest BCUT2D eigenvalue weighted by Gasteiger charge is 2.67. The SMILES string of the molecule is CC(C)NCC(O)c1ccc(O)c(O)c1.C[C@H]1c2cccc(O)c2C(=O)C2=C(O)[C@]3(O)C(=O)C(C(N)=O)=C(O)[C@@H](N(C)C)[C@@H]3[C@@H](O)[C@@H]21.NC(=O)N1c2ccccc2C=Cc2ccccc21.O. The fourth-order valence-corrected chi connectivity index (χ4v) is 9.01. The van der Waals surface area contributed by atoms with Crippen LogP contribution in [0.5, 0.6) is 17.2 Å². The Morgan fingerprint density at radius 1 is 0.833 bits per heavy atom. The molecule has 0 bridgehead atoms. The Morgan fingerprint density at radius 2 is 1.41 bits per heavy atom. The molecular weight excluding hydrogens is 855 g/mol. The summed E-state index contributed by atoms with van der Waals surface area (Å²) in [5, 5.41) is 86.2. The van der Waals surface area contributed by atoms with E-state index in [1.165, 1.54) is 37.2 Å². The summed E-state index contributed by atoms with van der Waals surface area (Å²) in [5.74, 6) is -9.25. The quantitative estimate of drug-likeness (QED) is 0.0977. The van der Waals surface area contributed by atoms with Gasteiger partial charge in [0, 0.05) is 24.1 Å². The molecule has 350 valence electrons. The molecule has 4 aromatic carbocycles. The molecule has 0 radical (unpaired) electrons. The van der Waals surface area contributed by atoms with E-state index in [-0.39, 0.29) is 28.3 Å². The first-order valence-corrected chi connectivity index (χ1v) is 20.7. The number of amides is 3. The van der Waals surface area contributed by atoms with Crippen LogP contribution < -0.4 is 21.7 Å². The lowest BCUT2D eigenvalue weighted by Gasteiger charge is -2.53. The molecule has 4 aromatic rings. The number of nitrogens with one attached hydrogen (secondary N) is 1. The van der Waals surface area contributed by atoms with Gasteiger partial charge in [0.1, 0.15) is 22.8 Å². The molecule has 0 saturated heterocycles. The van der Waals surface area contributed by atoms with Gasteiger partial charge in [-0.1, -0.05) is 87.5 Å². The number of aromatic hydroxyl groups is 3. The highest BCUT2D eigenvalue weighted by molar-refractivity contribution is 6.25. The highest BCUT2D eigenvalue weighted by atomic mass is 16.4. The summed E-state index contributed by atoms with van der Waals surface area (Å²) in [5.41, 5.74) is 11.1. The number of para-hydroxylation sites is 2. The van der Waals surface area contributed by atoms with Crippen LogP contribution in [0.1, 0.15) is 65.4 Å². The predicted molar refractivity (Wildman–Crippen MR) is 245 cm³/mol. The number of phenolic OH excluding ortho intramolecular Hbond substituents is 3. The maximum absolute atomic E-state index is 13.3. The molecule has 0 aromatic heterocycles. The second-order valence-electron chi connectivity index (χ2n) is 16.7. The first-order chi connectivity index (χ1) is 30.6. The van der Waals surface area contributed by atoms with Gasteiger partial charge in [-0.3, -0.25) is 24.2 Å². The van der Waals surface area contributed by atoms with Gasteiger partial charge in [-0.25, -0.2) is 4.79 Å². The minimum Gasteiger partial charge on any atom is -0.510 e. The standard InChI is InChI=1S/C22H24N2O8.C15H12N2O.C11H17NO3.H2O/c1-7-8-5-4-6-9(25)11(8)16(26)12-10(7)17(27)14-15(24(2)3)18(28)13(21(23)31)20(30)22(14,32)19(12)29;16-15(18)17-13-7-3-1-5-11(13)9-10-12-6-2-4-8-14(12)17;1-7(2)12-6-11(15)8-3-4-9(13)10(14)5-8;/h4-7,10,14-15,17,25,27-29,32H,1-3H3,(H2,23,31);1-10H,(H2,16,18);3-5,7,11-15H,6H2,1-2H3;1H2/t7-,10+,14+,15-,17-,22-;;;/m0.../s1. The van der Waals surface area contributed by atoms with E-state index in [2.05, 4.69) is 5.32 Å². The maximum atomic E-state index is 13.3. The zero-order valence-corrected chi connectivity index (χ0v) is 36.7. The molecule has 0 saturated carbocycles. The second-order valence-corrected chi connectivity index (χ2v) is 16.7. The van der Waals surface area contributed by atoms with E-state index in [0.717, 1.165) is 22.5 Å². The zero-order valence-electron chi connectivity index (χ0n) is 36.7. The third kappa shape index (κ3) is 8.84. The molecule has 0 spiro atoms. The van der Waals surface area contributed by atoms with Gasteiger partial charge < -0.3 is 63.1 Å². The number of benzene rings is 4. The fourth-order valence-electron chi connectivity index (χ4n) is 9.01. The van der Waals surface area contributed by atoms with Crippen LogP contribution >= 0.6 is 0 Å². The number of nitrogens with two attached hydrogens (primary N) is 2. The van der Waals surface area contributed by atoms with Gasteiger partial charge in [-0.05, 0) is 72.6 Å². The van der Waals surface area contributed by atoms with Crippen molar-refractivity contribution < 1.29 is 65.5 Å². The smallest absolute Gasteiger partial charge is 0.323 e. The van der Waals surface area contributed by atoms with Crippen molar-refractivity contribution >= 4 is 47.0 Å². The van der Waals surface area contributed by atoms with Crippen molar-refractivity contribution in [3.05, 3.63) is 135 Å². The molecule has 15 N–H and O–H groups in total. The first kappa shape index (κ1) is 49.9. The number of hydrogen-bond acceptors (Lipinski definition) is 14. The average molecular weight is 910 g/mol. The Kier molecular flexibility index (Phi) is 14.8. The van der Waals surface area contributed by atoms with Crippen LogP contribution in [0.3, 0.4) is 0 Å². The third-order valence-electron chi connectivity index (χ3n) is 12.1. The molecule has 3 amide bonds. The number of likely N-dealkylation sites (N-methyl/N-ethyl adjacent to an activating group) is 1. The number of aliphatic hydroxyl groups excluding tert-OH is 4. The zero-order chi connectivity index (χ0) is 47.8. The molecule has 1 heterocycles. The molecule has 4 aliphatic rings. The lowest BCUT2D eigenvalue weighted by molar-refractivity contribution is -0.162. The summed E-state index contributed by atoms with van der Waals surface area (Å²) in [7, 11) is 2.98. The van der Waals surface area contributed by atoms with Gasteiger partial charge in [0.05, 0.1) is 41.1 Å². The summed E-state index contributed by atoms with van der Waals surface area (Å²) in [4.78, 5) is 53.1. The second kappa shape index (κ2) is 19.6. The number of aliphatic hydroxyl groups is 5. The minimum absolute atomic E-state index is 0. The summed E-state index contributed by atoms with van der Waals surface area (Å²) in [6.45, 7) is 6.07. The van der Waals surface area contributed by atoms with Crippen LogP contribution in [0, 0.1) is 11.8 Å². The molecule has 3 aliphatic carbocycles. The van der Waals surface area contributed by atoms with E-state index in [9.17, 15) is 54.9 Å². The number of carbonyl (C=O) groups excluding carboxylic acids is 4. The first-order valence-electron chi connectivity index (χ1n) is 20.7. The summed E-state index contributed by atoms with van der Waals surface area (Å²) >= 11 is 0. The molecule has 66 heavy (non-hydrogen) atoms. The topological polar surface area (TPSA) is 332 Å². The molecule has 8 rings (SSSR count). The number of nitrogens with zero attached hydrogens (tertiary/aromatic N) is 2. The third-order valence-corrected chi connectivity index (χ3v) is 12.1. The number of phenols is 3.